The van der Waals surface area contributed by atoms with Crippen LogP contribution in [0.1, 0.15) is 37.8 Å². The first-order valence-corrected chi connectivity index (χ1v) is 7.37. The highest BCUT2D eigenvalue weighted by molar-refractivity contribution is 6.02. The van der Waals surface area contributed by atoms with Crippen LogP contribution in [0.5, 0.6) is 5.75 Å². The molecule has 1 unspecified atom stereocenters. The summed E-state index contributed by atoms with van der Waals surface area (Å²) in [6.07, 6.45) is 2.19. The largest absolute Gasteiger partial charge is 0.491 e. The van der Waals surface area contributed by atoms with Gasteiger partial charge in [-0.15, -0.1) is 0 Å². The molecular formula is C16H23NO4. The van der Waals surface area contributed by atoms with Crippen molar-refractivity contribution < 1.29 is 19.8 Å². The maximum Gasteiger partial charge on any atom is 0.120 e. The van der Waals surface area contributed by atoms with Crippen LogP contribution in [-0.2, 0) is 11.2 Å². The Morgan fingerprint density at radius 2 is 2.05 bits per heavy atom. The Kier molecular flexibility index (Phi) is 5.59. The van der Waals surface area contributed by atoms with Gasteiger partial charge in [0.1, 0.15) is 18.5 Å². The van der Waals surface area contributed by atoms with E-state index in [-0.39, 0.29) is 19.3 Å². The number of ether oxygens (including phenoxy) is 2. The molecule has 1 aliphatic rings. The van der Waals surface area contributed by atoms with Crippen molar-refractivity contribution in [3.05, 3.63) is 29.3 Å². The molecule has 0 amide bonds. The molecule has 2 N–H and O–H groups in total. The summed E-state index contributed by atoms with van der Waals surface area (Å²) in [6.45, 7) is 4.28. The van der Waals surface area contributed by atoms with Crippen LogP contribution in [0.4, 0.5) is 0 Å². The maximum absolute atomic E-state index is 9.78. The van der Waals surface area contributed by atoms with E-state index in [1.54, 1.807) is 0 Å². The topological polar surface area (TPSA) is 71.3 Å². The Morgan fingerprint density at radius 1 is 1.24 bits per heavy atom. The molecule has 0 bridgehead atoms. The number of aryl methyl sites for hydroxylation is 1. The van der Waals surface area contributed by atoms with E-state index in [2.05, 4.69) is 5.16 Å². The van der Waals surface area contributed by atoms with Crippen molar-refractivity contribution in [2.75, 3.05) is 13.2 Å². The van der Waals surface area contributed by atoms with E-state index in [0.717, 1.165) is 24.8 Å². The molecule has 116 valence electrons. The van der Waals surface area contributed by atoms with Gasteiger partial charge in [-0.3, -0.25) is 0 Å². The van der Waals surface area contributed by atoms with Crippen LogP contribution in [-0.4, -0.2) is 41.4 Å². The van der Waals surface area contributed by atoms with E-state index in [1.165, 1.54) is 5.56 Å². The lowest BCUT2D eigenvalue weighted by Crippen LogP contribution is -2.25. The minimum Gasteiger partial charge on any atom is -0.491 e. The van der Waals surface area contributed by atoms with Gasteiger partial charge in [0, 0.05) is 5.56 Å². The van der Waals surface area contributed by atoms with Gasteiger partial charge in [0.05, 0.1) is 18.4 Å². The second-order valence-electron chi connectivity index (χ2n) is 5.57. The summed E-state index contributed by atoms with van der Waals surface area (Å²) in [5.74, 6) is 0.667. The highest BCUT2D eigenvalue weighted by atomic mass is 16.5. The predicted octanol–water partition coefficient (Wildman–Crippen LogP) is 2.37. The average molecular weight is 293 g/mol. The average Bonchev–Trinajstić information content (AvgIpc) is 2.50. The van der Waals surface area contributed by atoms with Crippen LogP contribution >= 0.6 is 0 Å². The van der Waals surface area contributed by atoms with E-state index < -0.39 is 6.10 Å². The normalized spacial score (nSPS) is 17.8. The summed E-state index contributed by atoms with van der Waals surface area (Å²) in [5.41, 5.74) is 2.81. The van der Waals surface area contributed by atoms with Gasteiger partial charge in [-0.2, -0.15) is 0 Å². The SMILES string of the molecule is CC(C)OCC(O)COc1ccc2c(c1)/C(=N\O)CCC2. The smallest absolute Gasteiger partial charge is 0.120 e. The van der Waals surface area contributed by atoms with Gasteiger partial charge in [-0.05, 0) is 50.8 Å². The molecule has 0 radical (unpaired) electrons. The zero-order chi connectivity index (χ0) is 15.2. The Hall–Kier alpha value is -1.59. The third kappa shape index (κ3) is 4.44. The molecule has 0 saturated carbocycles. The van der Waals surface area contributed by atoms with Crippen LogP contribution in [0.3, 0.4) is 0 Å². The highest BCUT2D eigenvalue weighted by Crippen LogP contribution is 2.26. The van der Waals surface area contributed by atoms with Crippen LogP contribution in [0.2, 0.25) is 0 Å². The molecule has 5 nitrogen and oxygen atoms in total. The van der Waals surface area contributed by atoms with Gasteiger partial charge < -0.3 is 19.8 Å². The van der Waals surface area contributed by atoms with E-state index in [4.69, 9.17) is 14.7 Å². The third-order valence-electron chi connectivity index (χ3n) is 3.44. The van der Waals surface area contributed by atoms with Crippen LogP contribution in [0.15, 0.2) is 23.4 Å². The first-order valence-electron chi connectivity index (χ1n) is 7.37. The van der Waals surface area contributed by atoms with E-state index >= 15 is 0 Å². The summed E-state index contributed by atoms with van der Waals surface area (Å²) in [4.78, 5) is 0. The zero-order valence-electron chi connectivity index (χ0n) is 12.6. The lowest BCUT2D eigenvalue weighted by Gasteiger charge is -2.19. The number of aliphatic hydroxyl groups excluding tert-OH is 1. The summed E-state index contributed by atoms with van der Waals surface area (Å²) in [7, 11) is 0. The number of nitrogens with zero attached hydrogens (tertiary/aromatic N) is 1. The minimum atomic E-state index is -0.658. The summed E-state index contributed by atoms with van der Waals surface area (Å²) < 4.78 is 10.9. The van der Waals surface area contributed by atoms with Gasteiger partial charge >= 0.3 is 0 Å². The van der Waals surface area contributed by atoms with Crippen LogP contribution in [0, 0.1) is 0 Å². The monoisotopic (exact) mass is 293 g/mol. The van der Waals surface area contributed by atoms with Gasteiger partial charge in [0.15, 0.2) is 0 Å². The summed E-state index contributed by atoms with van der Waals surface area (Å²) in [5, 5.41) is 22.2. The number of aliphatic hydroxyl groups is 1. The Balaban J connectivity index is 1.96. The van der Waals surface area contributed by atoms with Gasteiger partial charge in [-0.1, -0.05) is 11.2 Å². The number of fused-ring (bicyclic) bond motifs is 1. The standard InChI is InChI=1S/C16H23NO4/c1-11(2)20-9-13(18)10-21-14-7-6-12-4-3-5-16(17-19)15(12)8-14/h6-8,11,13,18-19H,3-5,9-10H2,1-2H3/b17-16-. The first-order chi connectivity index (χ1) is 10.1. The van der Waals surface area contributed by atoms with Crippen molar-refractivity contribution in [2.24, 2.45) is 5.16 Å². The molecule has 5 heteroatoms. The fourth-order valence-corrected chi connectivity index (χ4v) is 2.36. The molecule has 0 aliphatic heterocycles. The van der Waals surface area contributed by atoms with Crippen molar-refractivity contribution in [1.82, 2.24) is 0 Å². The fraction of sp³-hybridized carbons (Fsp3) is 0.562. The van der Waals surface area contributed by atoms with Crippen LogP contribution < -0.4 is 4.74 Å². The fourth-order valence-electron chi connectivity index (χ4n) is 2.36. The molecule has 21 heavy (non-hydrogen) atoms. The second kappa shape index (κ2) is 7.43. The number of hydrogen-bond donors (Lipinski definition) is 2. The lowest BCUT2D eigenvalue weighted by atomic mass is 9.90. The van der Waals surface area contributed by atoms with E-state index in [0.29, 0.717) is 11.5 Å². The molecular weight excluding hydrogens is 270 g/mol. The second-order valence-corrected chi connectivity index (χ2v) is 5.57. The molecule has 1 aromatic rings. The summed E-state index contributed by atoms with van der Waals surface area (Å²) in [6, 6.07) is 5.75. The number of rotatable bonds is 6. The van der Waals surface area contributed by atoms with Crippen LogP contribution in [0.25, 0.3) is 0 Å². The molecule has 0 saturated heterocycles. The highest BCUT2D eigenvalue weighted by Gasteiger charge is 2.17. The van der Waals surface area contributed by atoms with E-state index in [1.807, 2.05) is 32.0 Å². The maximum atomic E-state index is 9.78. The van der Waals surface area contributed by atoms with E-state index in [9.17, 15) is 5.11 Å². The minimum absolute atomic E-state index is 0.0896. The molecule has 1 aromatic carbocycles. The number of oxime groups is 1. The quantitative estimate of drug-likeness (QED) is 0.624. The summed E-state index contributed by atoms with van der Waals surface area (Å²) >= 11 is 0. The van der Waals surface area contributed by atoms with Crippen molar-refractivity contribution in [3.63, 3.8) is 0 Å². The molecule has 1 atom stereocenters. The number of hydrogen-bond acceptors (Lipinski definition) is 5. The van der Waals surface area contributed by atoms with Crippen molar-refractivity contribution in [1.29, 1.82) is 0 Å². The van der Waals surface area contributed by atoms with Crippen molar-refractivity contribution in [2.45, 2.75) is 45.3 Å². The first kappa shape index (κ1) is 15.8. The predicted molar refractivity (Wildman–Crippen MR) is 80.3 cm³/mol. The van der Waals surface area contributed by atoms with Gasteiger partial charge in [0.25, 0.3) is 0 Å². The lowest BCUT2D eigenvalue weighted by molar-refractivity contribution is -0.0122. The Morgan fingerprint density at radius 3 is 2.76 bits per heavy atom. The molecule has 0 fully saturated rings. The molecule has 0 aromatic heterocycles. The molecule has 2 rings (SSSR count). The Bertz CT molecular complexity index is 499. The van der Waals surface area contributed by atoms with Crippen molar-refractivity contribution in [3.8, 4) is 5.75 Å². The van der Waals surface area contributed by atoms with Gasteiger partial charge in [-0.25, -0.2) is 0 Å². The number of benzene rings is 1. The molecule has 0 spiro atoms. The zero-order valence-corrected chi connectivity index (χ0v) is 12.6. The van der Waals surface area contributed by atoms with Crippen molar-refractivity contribution >= 4 is 5.71 Å². The van der Waals surface area contributed by atoms with Gasteiger partial charge in [0.2, 0.25) is 0 Å². The molecule has 1 aliphatic carbocycles. The molecule has 0 heterocycles. The third-order valence-corrected chi connectivity index (χ3v) is 3.44. The Labute approximate surface area is 125 Å².